The first-order valence-electron chi connectivity index (χ1n) is 14.2. The van der Waals surface area contributed by atoms with Crippen molar-refractivity contribution >= 4 is 16.8 Å². The van der Waals surface area contributed by atoms with E-state index in [-0.39, 0.29) is 35.5 Å². The fourth-order valence-corrected chi connectivity index (χ4v) is 5.60. The number of likely N-dealkylation sites (tertiary alicyclic amines) is 1. The smallest absolute Gasteiger partial charge is 0.213 e. The Morgan fingerprint density at radius 3 is 2.60 bits per heavy atom. The lowest BCUT2D eigenvalue weighted by molar-refractivity contribution is -0.0592. The van der Waals surface area contributed by atoms with E-state index in [9.17, 15) is 13.6 Å². The van der Waals surface area contributed by atoms with Crippen molar-refractivity contribution in [2.24, 2.45) is 0 Å². The van der Waals surface area contributed by atoms with E-state index in [0.717, 1.165) is 50.5 Å². The summed E-state index contributed by atoms with van der Waals surface area (Å²) in [6.45, 7) is 4.96. The van der Waals surface area contributed by atoms with Crippen molar-refractivity contribution in [3.8, 4) is 11.9 Å². The van der Waals surface area contributed by atoms with Gasteiger partial charge in [0.1, 0.15) is 23.8 Å². The number of piperidine rings is 1. The summed E-state index contributed by atoms with van der Waals surface area (Å²) < 4.78 is 42.7. The first kappa shape index (κ1) is 27.9. The van der Waals surface area contributed by atoms with Gasteiger partial charge in [-0.3, -0.25) is 9.69 Å². The number of rotatable bonds is 9. The van der Waals surface area contributed by atoms with Crippen molar-refractivity contribution in [1.29, 1.82) is 5.26 Å². The van der Waals surface area contributed by atoms with Gasteiger partial charge in [0.05, 0.1) is 36.3 Å². The molecule has 8 nitrogen and oxygen atoms in total. The molecule has 0 radical (unpaired) electrons. The van der Waals surface area contributed by atoms with E-state index in [0.29, 0.717) is 35.6 Å². The van der Waals surface area contributed by atoms with Crippen LogP contribution in [0.3, 0.4) is 0 Å². The van der Waals surface area contributed by atoms with Crippen LogP contribution in [0.5, 0.6) is 5.88 Å². The number of carbonyl (C=O) groups is 1. The summed E-state index contributed by atoms with van der Waals surface area (Å²) in [7, 11) is 0. The molecule has 0 spiro atoms. The zero-order valence-corrected chi connectivity index (χ0v) is 23.4. The van der Waals surface area contributed by atoms with E-state index in [1.165, 1.54) is 19.1 Å². The van der Waals surface area contributed by atoms with Crippen molar-refractivity contribution in [3.63, 3.8) is 0 Å². The number of hydrogen-bond donors (Lipinski definition) is 0. The van der Waals surface area contributed by atoms with Crippen LogP contribution in [0.15, 0.2) is 48.5 Å². The van der Waals surface area contributed by atoms with Crippen molar-refractivity contribution < 1.29 is 23.0 Å². The first-order chi connectivity index (χ1) is 20.4. The Morgan fingerprint density at radius 1 is 1.10 bits per heavy atom. The van der Waals surface area contributed by atoms with Crippen LogP contribution in [0.25, 0.3) is 11.0 Å². The number of ether oxygens (including phenoxy) is 2. The number of imidazole rings is 1. The van der Waals surface area contributed by atoms with Crippen LogP contribution in [0.1, 0.15) is 65.1 Å². The minimum absolute atomic E-state index is 0.0217. The molecular formula is C32H31F2N5O3. The third-order valence-corrected chi connectivity index (χ3v) is 8.15. The number of pyridine rings is 1. The highest BCUT2D eigenvalue weighted by atomic mass is 19.1. The van der Waals surface area contributed by atoms with Crippen molar-refractivity contribution in [1.82, 2.24) is 19.4 Å². The molecule has 2 aliphatic rings. The lowest BCUT2D eigenvalue weighted by atomic mass is 9.93. The normalized spacial score (nSPS) is 17.6. The lowest BCUT2D eigenvalue weighted by Gasteiger charge is -2.32. The summed E-state index contributed by atoms with van der Waals surface area (Å²) >= 11 is 0. The molecule has 0 aliphatic carbocycles. The quantitative estimate of drug-likeness (QED) is 0.244. The molecule has 2 aromatic heterocycles. The van der Waals surface area contributed by atoms with Crippen molar-refractivity contribution in [3.05, 3.63) is 88.4 Å². The molecule has 2 saturated heterocycles. The molecule has 0 amide bonds. The monoisotopic (exact) mass is 571 g/mol. The molecule has 2 aromatic carbocycles. The number of aromatic nitrogens is 3. The zero-order valence-electron chi connectivity index (χ0n) is 23.4. The summed E-state index contributed by atoms with van der Waals surface area (Å²) in [4.78, 5) is 23.7. The highest BCUT2D eigenvalue weighted by molar-refractivity contribution is 5.97. The Bertz CT molecular complexity index is 1670. The first-order valence-corrected chi connectivity index (χ1v) is 14.2. The second kappa shape index (κ2) is 12.0. The number of carbonyl (C=O) groups excluding carboxylic acids is 1. The van der Waals surface area contributed by atoms with Gasteiger partial charge in [0.25, 0.3) is 0 Å². The predicted molar refractivity (Wildman–Crippen MR) is 151 cm³/mol. The third kappa shape index (κ3) is 5.89. The molecule has 216 valence electrons. The number of nitriles is 1. The van der Waals surface area contributed by atoms with E-state index in [4.69, 9.17) is 19.7 Å². The molecule has 6 rings (SSSR count). The van der Waals surface area contributed by atoms with Gasteiger partial charge in [-0.2, -0.15) is 5.26 Å². The Labute approximate surface area is 242 Å². The van der Waals surface area contributed by atoms with Crippen LogP contribution >= 0.6 is 0 Å². The molecule has 0 saturated carbocycles. The zero-order chi connectivity index (χ0) is 29.2. The van der Waals surface area contributed by atoms with Gasteiger partial charge < -0.3 is 14.0 Å². The average molecular weight is 572 g/mol. The molecule has 0 N–H and O–H groups in total. The molecule has 4 aromatic rings. The van der Waals surface area contributed by atoms with Gasteiger partial charge >= 0.3 is 0 Å². The van der Waals surface area contributed by atoms with E-state index in [1.807, 2.05) is 22.8 Å². The van der Waals surface area contributed by atoms with Crippen LogP contribution in [0, 0.1) is 23.0 Å². The molecule has 10 heteroatoms. The third-order valence-electron chi connectivity index (χ3n) is 8.15. The van der Waals surface area contributed by atoms with Crippen molar-refractivity contribution in [2.45, 2.75) is 57.9 Å². The summed E-state index contributed by atoms with van der Waals surface area (Å²) in [5.41, 5.74) is 2.81. The van der Waals surface area contributed by atoms with Gasteiger partial charge in [0.15, 0.2) is 11.6 Å². The fraction of sp³-hybridized carbons (Fsp3) is 0.375. The summed E-state index contributed by atoms with van der Waals surface area (Å²) in [5, 5.41) is 8.93. The molecule has 0 bridgehead atoms. The van der Waals surface area contributed by atoms with Crippen LogP contribution in [0.2, 0.25) is 0 Å². The highest BCUT2D eigenvalue weighted by Gasteiger charge is 2.27. The summed E-state index contributed by atoms with van der Waals surface area (Å²) in [5.74, 6) is 0.292. The molecular weight excluding hydrogens is 540 g/mol. The number of nitrogens with zero attached hydrogens (tertiary/aromatic N) is 5. The number of halogens is 2. The summed E-state index contributed by atoms with van der Waals surface area (Å²) in [6.07, 6.45) is 2.77. The molecule has 0 unspecified atom stereocenters. The minimum Gasteiger partial charge on any atom is -0.473 e. The van der Waals surface area contributed by atoms with Crippen molar-refractivity contribution in [2.75, 3.05) is 19.7 Å². The van der Waals surface area contributed by atoms with Gasteiger partial charge in [0.2, 0.25) is 5.88 Å². The Hall–Kier alpha value is -4.20. The average Bonchev–Trinajstić information content (AvgIpc) is 3.31. The van der Waals surface area contributed by atoms with Gasteiger partial charge in [-0.1, -0.05) is 12.1 Å². The largest absolute Gasteiger partial charge is 0.473 e. The van der Waals surface area contributed by atoms with Crippen LogP contribution < -0.4 is 4.74 Å². The lowest BCUT2D eigenvalue weighted by Crippen LogP contribution is -2.35. The van der Waals surface area contributed by atoms with E-state index in [1.54, 1.807) is 24.3 Å². The van der Waals surface area contributed by atoms with Crippen LogP contribution in [-0.2, 0) is 24.4 Å². The highest BCUT2D eigenvalue weighted by Crippen LogP contribution is 2.30. The Kier molecular flexibility index (Phi) is 7.96. The molecule has 1 atom stereocenters. The van der Waals surface area contributed by atoms with Gasteiger partial charge in [-0.15, -0.1) is 0 Å². The maximum absolute atomic E-state index is 15.0. The van der Waals surface area contributed by atoms with Crippen LogP contribution in [0.4, 0.5) is 8.78 Å². The number of benzene rings is 2. The van der Waals surface area contributed by atoms with Gasteiger partial charge in [-0.25, -0.2) is 18.7 Å². The number of fused-ring (bicyclic) bond motifs is 1. The summed E-state index contributed by atoms with van der Waals surface area (Å²) in [6, 6.07) is 14.9. The Balaban J connectivity index is 1.12. The topological polar surface area (TPSA) is 93.3 Å². The maximum Gasteiger partial charge on any atom is 0.213 e. The maximum atomic E-state index is 15.0. The fourth-order valence-electron chi connectivity index (χ4n) is 5.60. The predicted octanol–water partition coefficient (Wildman–Crippen LogP) is 5.53. The van der Waals surface area contributed by atoms with Gasteiger partial charge in [-0.05, 0) is 69.6 Å². The van der Waals surface area contributed by atoms with Gasteiger partial charge in [0, 0.05) is 35.4 Å². The SMILES string of the molecule is CC(=O)c1cc(F)c2nc(CN3CCC(c4cccc(OCc5ccc(C#N)cc5F)n4)CC3)n(C[C@@H]3CCO3)c2c1. The second-order valence-corrected chi connectivity index (χ2v) is 11.0. The second-order valence-electron chi connectivity index (χ2n) is 11.0. The van der Waals surface area contributed by atoms with E-state index >= 15 is 0 Å². The van der Waals surface area contributed by atoms with E-state index < -0.39 is 11.6 Å². The minimum atomic E-state index is -0.485. The number of Topliss-reactive ketones (excluding diaryl/α,β-unsaturated/α-hetero) is 1. The molecule has 2 fully saturated rings. The van der Waals surface area contributed by atoms with Crippen LogP contribution in [-0.4, -0.2) is 51.0 Å². The number of ketones is 1. The van der Waals surface area contributed by atoms with E-state index in [2.05, 4.69) is 9.88 Å². The number of hydrogen-bond acceptors (Lipinski definition) is 7. The molecule has 42 heavy (non-hydrogen) atoms. The Morgan fingerprint density at radius 2 is 1.90 bits per heavy atom. The molecule has 2 aliphatic heterocycles. The standard InChI is InChI=1S/C32H31F2N5O3/c1-20(40)24-14-27(34)32-29(15-24)39(17-25-9-12-41-25)30(37-32)18-38-10-7-22(8-11-38)28-3-2-4-31(36-28)42-19-23-6-5-21(16-35)13-26(23)33/h2-6,13-15,22,25H,7-12,17-19H2,1H3/t25-/m0/s1. The molecule has 4 heterocycles.